The average Bonchev–Trinajstić information content (AvgIpc) is 3.41. The predicted octanol–water partition coefficient (Wildman–Crippen LogP) is 2.32. The van der Waals surface area contributed by atoms with Gasteiger partial charge in [0.15, 0.2) is 11.7 Å². The van der Waals surface area contributed by atoms with Crippen LogP contribution in [0.25, 0.3) is 0 Å². The third-order valence-corrected chi connectivity index (χ3v) is 6.36. The number of aryl methyl sites for hydroxylation is 2. The summed E-state index contributed by atoms with van der Waals surface area (Å²) in [6, 6.07) is 6.48. The third-order valence-electron chi connectivity index (χ3n) is 5.26. The van der Waals surface area contributed by atoms with Gasteiger partial charge in [-0.05, 0) is 38.5 Å². The Morgan fingerprint density at radius 3 is 2.58 bits per heavy atom. The largest absolute Gasteiger partial charge is 0.459 e. The predicted molar refractivity (Wildman–Crippen MR) is 124 cm³/mol. The van der Waals surface area contributed by atoms with Crippen LogP contribution in [0, 0.1) is 13.8 Å². The molecule has 1 aliphatic heterocycles. The standard InChI is InChI=1S/C22H33N5O3S/c1-16-7-12-30-20(16)21(28)24-8-4-9-25-22(23-3)26-15-18(19-6-5-17(2)31-19)27-10-13-29-14-11-27/h5-7,12,18H,4,8-11,13-15H2,1-3H3,(H,24,28)(H2,23,25,26). The van der Waals surface area contributed by atoms with Crippen LogP contribution in [0.5, 0.6) is 0 Å². The highest BCUT2D eigenvalue weighted by atomic mass is 32.1. The molecule has 1 fully saturated rings. The molecule has 1 aliphatic rings. The van der Waals surface area contributed by atoms with Crippen LogP contribution in [0.4, 0.5) is 0 Å². The maximum Gasteiger partial charge on any atom is 0.287 e. The number of carbonyl (C=O) groups excluding carboxylic acids is 1. The van der Waals surface area contributed by atoms with Crippen molar-refractivity contribution in [2.24, 2.45) is 4.99 Å². The Kier molecular flexibility index (Phi) is 8.93. The minimum absolute atomic E-state index is 0.176. The molecule has 31 heavy (non-hydrogen) atoms. The van der Waals surface area contributed by atoms with Crippen molar-refractivity contribution in [1.82, 2.24) is 20.9 Å². The molecule has 2 aromatic heterocycles. The highest BCUT2D eigenvalue weighted by Gasteiger charge is 2.24. The Labute approximate surface area is 188 Å². The second-order valence-corrected chi connectivity index (χ2v) is 8.85. The van der Waals surface area contributed by atoms with Gasteiger partial charge < -0.3 is 25.1 Å². The lowest BCUT2D eigenvalue weighted by Gasteiger charge is -2.34. The Morgan fingerprint density at radius 2 is 1.94 bits per heavy atom. The molecule has 0 saturated carbocycles. The van der Waals surface area contributed by atoms with Gasteiger partial charge in [-0.15, -0.1) is 11.3 Å². The summed E-state index contributed by atoms with van der Waals surface area (Å²) in [6.45, 7) is 9.46. The average molecular weight is 448 g/mol. The fourth-order valence-electron chi connectivity index (χ4n) is 3.53. The number of nitrogens with one attached hydrogen (secondary N) is 3. The first-order chi connectivity index (χ1) is 15.1. The van der Waals surface area contributed by atoms with E-state index in [1.165, 1.54) is 16.0 Å². The van der Waals surface area contributed by atoms with Crippen LogP contribution in [0.1, 0.15) is 38.3 Å². The van der Waals surface area contributed by atoms with Crippen LogP contribution in [-0.2, 0) is 4.74 Å². The summed E-state index contributed by atoms with van der Waals surface area (Å²) >= 11 is 1.85. The second kappa shape index (κ2) is 11.9. The molecule has 2 aromatic rings. The number of hydrogen-bond donors (Lipinski definition) is 3. The topological polar surface area (TPSA) is 91.1 Å². The van der Waals surface area contributed by atoms with Crippen molar-refractivity contribution in [2.45, 2.75) is 26.3 Å². The Bertz CT molecular complexity index is 857. The van der Waals surface area contributed by atoms with E-state index in [-0.39, 0.29) is 11.9 Å². The van der Waals surface area contributed by atoms with E-state index >= 15 is 0 Å². The van der Waals surface area contributed by atoms with E-state index in [1.54, 1.807) is 13.1 Å². The molecule has 1 saturated heterocycles. The van der Waals surface area contributed by atoms with Crippen LogP contribution in [0.3, 0.4) is 0 Å². The Balaban J connectivity index is 1.42. The highest BCUT2D eigenvalue weighted by molar-refractivity contribution is 7.12. The smallest absolute Gasteiger partial charge is 0.287 e. The summed E-state index contributed by atoms with van der Waals surface area (Å²) in [7, 11) is 1.77. The summed E-state index contributed by atoms with van der Waals surface area (Å²) in [6.07, 6.45) is 2.31. The number of furan rings is 1. The number of thiophene rings is 1. The Hall–Kier alpha value is -2.36. The molecule has 9 heteroatoms. The number of amides is 1. The van der Waals surface area contributed by atoms with E-state index in [9.17, 15) is 4.79 Å². The molecule has 170 valence electrons. The molecule has 3 heterocycles. The molecule has 3 rings (SSSR count). The summed E-state index contributed by atoms with van der Waals surface area (Å²) in [4.78, 5) is 21.6. The van der Waals surface area contributed by atoms with Gasteiger partial charge in [0.05, 0.1) is 25.5 Å². The SMILES string of the molecule is CN=C(NCCCNC(=O)c1occc1C)NCC(c1ccc(C)s1)N1CCOCC1. The minimum Gasteiger partial charge on any atom is -0.459 e. The summed E-state index contributed by atoms with van der Waals surface area (Å²) in [5.74, 6) is 0.966. The quantitative estimate of drug-likeness (QED) is 0.310. The van der Waals surface area contributed by atoms with Crippen molar-refractivity contribution in [3.05, 3.63) is 45.5 Å². The normalized spacial score (nSPS) is 16.2. The minimum atomic E-state index is -0.176. The number of carbonyl (C=O) groups is 1. The number of aliphatic imine (C=N–C) groups is 1. The lowest BCUT2D eigenvalue weighted by atomic mass is 10.2. The molecule has 0 bridgehead atoms. The zero-order chi connectivity index (χ0) is 22.1. The molecule has 3 N–H and O–H groups in total. The van der Waals surface area contributed by atoms with Gasteiger partial charge in [0.1, 0.15) is 0 Å². The first-order valence-electron chi connectivity index (χ1n) is 10.7. The molecule has 0 spiro atoms. The van der Waals surface area contributed by atoms with Gasteiger partial charge in [0.2, 0.25) is 0 Å². The monoisotopic (exact) mass is 447 g/mol. The number of guanidine groups is 1. The van der Waals surface area contributed by atoms with Crippen molar-refractivity contribution < 1.29 is 13.9 Å². The van der Waals surface area contributed by atoms with Gasteiger partial charge >= 0.3 is 0 Å². The fourth-order valence-corrected chi connectivity index (χ4v) is 4.54. The number of ether oxygens (including phenoxy) is 1. The second-order valence-electron chi connectivity index (χ2n) is 7.53. The Morgan fingerprint density at radius 1 is 1.16 bits per heavy atom. The van der Waals surface area contributed by atoms with Gasteiger partial charge in [-0.3, -0.25) is 14.7 Å². The fraction of sp³-hybridized carbons (Fsp3) is 0.545. The van der Waals surface area contributed by atoms with Gasteiger partial charge in [-0.1, -0.05) is 0 Å². The number of hydrogen-bond acceptors (Lipinski definition) is 6. The molecular formula is C22H33N5O3S. The number of rotatable bonds is 9. The zero-order valence-electron chi connectivity index (χ0n) is 18.6. The summed E-state index contributed by atoms with van der Waals surface area (Å²) in [5.41, 5.74) is 0.844. The van der Waals surface area contributed by atoms with Gasteiger partial charge in [-0.2, -0.15) is 0 Å². The van der Waals surface area contributed by atoms with E-state index in [4.69, 9.17) is 9.15 Å². The van der Waals surface area contributed by atoms with Crippen LogP contribution in [-0.4, -0.2) is 69.8 Å². The van der Waals surface area contributed by atoms with Gasteiger partial charge in [0.25, 0.3) is 5.91 Å². The lowest BCUT2D eigenvalue weighted by Crippen LogP contribution is -2.46. The summed E-state index contributed by atoms with van der Waals surface area (Å²) in [5, 5.41) is 9.68. The third kappa shape index (κ3) is 6.81. The number of nitrogens with zero attached hydrogens (tertiary/aromatic N) is 2. The maximum absolute atomic E-state index is 12.1. The van der Waals surface area contributed by atoms with Gasteiger partial charge in [0, 0.05) is 55.1 Å². The van der Waals surface area contributed by atoms with Crippen molar-refractivity contribution in [3.63, 3.8) is 0 Å². The number of morpholine rings is 1. The van der Waals surface area contributed by atoms with Crippen LogP contribution in [0.2, 0.25) is 0 Å². The lowest BCUT2D eigenvalue weighted by molar-refractivity contribution is 0.0177. The van der Waals surface area contributed by atoms with Crippen molar-refractivity contribution in [1.29, 1.82) is 0 Å². The maximum atomic E-state index is 12.1. The van der Waals surface area contributed by atoms with Gasteiger partial charge in [-0.25, -0.2) is 0 Å². The molecule has 1 unspecified atom stereocenters. The molecular weight excluding hydrogens is 414 g/mol. The van der Waals surface area contributed by atoms with E-state index in [0.29, 0.717) is 18.8 Å². The highest BCUT2D eigenvalue weighted by Crippen LogP contribution is 2.27. The molecule has 0 aliphatic carbocycles. The van der Waals surface area contributed by atoms with Crippen molar-refractivity contribution >= 4 is 23.2 Å². The molecule has 1 amide bonds. The van der Waals surface area contributed by atoms with Crippen LogP contribution < -0.4 is 16.0 Å². The molecule has 0 aromatic carbocycles. The van der Waals surface area contributed by atoms with Crippen LogP contribution in [0.15, 0.2) is 33.9 Å². The molecule has 0 radical (unpaired) electrons. The van der Waals surface area contributed by atoms with Crippen LogP contribution >= 0.6 is 11.3 Å². The van der Waals surface area contributed by atoms with E-state index in [1.807, 2.05) is 18.3 Å². The van der Waals surface area contributed by atoms with E-state index < -0.39 is 0 Å². The first-order valence-corrected chi connectivity index (χ1v) is 11.5. The molecule has 1 atom stereocenters. The first kappa shape index (κ1) is 23.3. The van der Waals surface area contributed by atoms with E-state index in [2.05, 4.69) is 44.9 Å². The molecule has 8 nitrogen and oxygen atoms in total. The van der Waals surface area contributed by atoms with Crippen molar-refractivity contribution in [3.8, 4) is 0 Å². The van der Waals surface area contributed by atoms with E-state index in [0.717, 1.165) is 50.8 Å². The summed E-state index contributed by atoms with van der Waals surface area (Å²) < 4.78 is 10.7. The van der Waals surface area contributed by atoms with Crippen molar-refractivity contribution in [2.75, 3.05) is 53.0 Å². The zero-order valence-corrected chi connectivity index (χ0v) is 19.4.